The fourth-order valence-corrected chi connectivity index (χ4v) is 4.09. The summed E-state index contributed by atoms with van der Waals surface area (Å²) in [7, 11) is -3.46. The van der Waals surface area contributed by atoms with Crippen molar-refractivity contribution >= 4 is 26.8 Å². The van der Waals surface area contributed by atoms with Crippen LogP contribution in [0.25, 0.3) is 0 Å². The van der Waals surface area contributed by atoms with E-state index in [-0.39, 0.29) is 0 Å². The number of aliphatic hydroxyl groups is 1. The van der Waals surface area contributed by atoms with Crippen LogP contribution in [0, 0.1) is 0 Å². The Morgan fingerprint density at radius 1 is 0.882 bits per heavy atom. The predicted octanol–water partition coefficient (Wildman–Crippen LogP) is 1.87. The van der Waals surface area contributed by atoms with Gasteiger partial charge in [0.1, 0.15) is 0 Å². The number of hydrogen-bond acceptors (Lipinski definition) is 5. The lowest BCUT2D eigenvalue weighted by atomic mass is 11.8. The van der Waals surface area contributed by atoms with E-state index in [1.54, 1.807) is 7.11 Å². The smallest absolute Gasteiger partial charge is 0.254 e. The SMILES string of the molecule is CO.CO[Si](C)(C)C.C[Si](C)(C)OS(C)(=O)=O. The molecule has 0 unspecified atom stereocenters. The molecule has 0 fully saturated rings. The minimum absolute atomic E-state index is 1.00. The highest BCUT2D eigenvalue weighted by Gasteiger charge is 2.20. The van der Waals surface area contributed by atoms with Crippen molar-refractivity contribution in [1.82, 2.24) is 0 Å². The summed E-state index contributed by atoms with van der Waals surface area (Å²) in [5, 5.41) is 7.00. The van der Waals surface area contributed by atoms with Gasteiger partial charge in [-0.1, -0.05) is 0 Å². The minimum Gasteiger partial charge on any atom is -0.421 e. The Balaban J connectivity index is -0.000000213. The molecule has 0 saturated heterocycles. The zero-order valence-electron chi connectivity index (χ0n) is 12.5. The molecule has 0 aromatic carbocycles. The molecule has 108 valence electrons. The van der Waals surface area contributed by atoms with Crippen LogP contribution in [0.3, 0.4) is 0 Å². The van der Waals surface area contributed by atoms with Crippen LogP contribution in [0.4, 0.5) is 0 Å². The van der Waals surface area contributed by atoms with Crippen LogP contribution in [0.2, 0.25) is 39.3 Å². The number of rotatable bonds is 3. The van der Waals surface area contributed by atoms with Gasteiger partial charge in [0.25, 0.3) is 10.1 Å². The lowest BCUT2D eigenvalue weighted by Gasteiger charge is -2.13. The van der Waals surface area contributed by atoms with Gasteiger partial charge in [0.05, 0.1) is 6.26 Å². The second-order valence-corrected chi connectivity index (χ2v) is 16.1. The maximum absolute atomic E-state index is 10.5. The monoisotopic (exact) mass is 304 g/mol. The Kier molecular flexibility index (Phi) is 12.2. The topological polar surface area (TPSA) is 72.8 Å². The first-order valence-electron chi connectivity index (χ1n) is 5.17. The standard InChI is InChI=1S/C4H12O3SSi.C4H12OSi.CH4O/c1-8(5,6)7-9(2,3)4;1-5-6(2,3)4;1-2/h1-4H3;1-4H3;2H,1H3. The Morgan fingerprint density at radius 2 is 1.12 bits per heavy atom. The summed E-state index contributed by atoms with van der Waals surface area (Å²) < 4.78 is 30.7. The van der Waals surface area contributed by atoms with Crippen LogP contribution >= 0.6 is 0 Å². The summed E-state index contributed by atoms with van der Waals surface area (Å²) in [6, 6.07) is 0. The van der Waals surface area contributed by atoms with E-state index < -0.39 is 26.8 Å². The quantitative estimate of drug-likeness (QED) is 0.806. The van der Waals surface area contributed by atoms with Gasteiger partial charge in [-0.25, -0.2) is 8.42 Å². The molecule has 0 aromatic rings. The molecule has 0 amide bonds. The lowest BCUT2D eigenvalue weighted by molar-refractivity contribution is 0.399. The normalized spacial score (nSPS) is 11.9. The van der Waals surface area contributed by atoms with Crippen LogP contribution in [-0.4, -0.2) is 50.6 Å². The summed E-state index contributed by atoms with van der Waals surface area (Å²) in [6.07, 6.45) is 1.07. The maximum Gasteiger partial charge on any atom is 0.254 e. The van der Waals surface area contributed by atoms with E-state index in [0.717, 1.165) is 13.4 Å². The first-order valence-corrected chi connectivity index (χ1v) is 13.8. The van der Waals surface area contributed by atoms with Gasteiger partial charge in [0.2, 0.25) is 8.32 Å². The molecule has 8 heteroatoms. The molecule has 0 bridgehead atoms. The highest BCUT2D eigenvalue weighted by atomic mass is 32.2. The van der Waals surface area contributed by atoms with Gasteiger partial charge in [0, 0.05) is 14.2 Å². The first-order chi connectivity index (χ1) is 7.27. The average Bonchev–Trinajstić information content (AvgIpc) is 2.01. The molecule has 0 rings (SSSR count). The first kappa shape index (κ1) is 22.4. The molecular formula is C9H28O5SSi2. The number of aliphatic hydroxyl groups excluding tert-OH is 1. The molecule has 0 spiro atoms. The van der Waals surface area contributed by atoms with E-state index in [1.165, 1.54) is 0 Å². The largest absolute Gasteiger partial charge is 0.421 e. The van der Waals surface area contributed by atoms with Crippen LogP contribution < -0.4 is 0 Å². The van der Waals surface area contributed by atoms with Crippen molar-refractivity contribution in [3.8, 4) is 0 Å². The van der Waals surface area contributed by atoms with Crippen molar-refractivity contribution in [2.45, 2.75) is 39.3 Å². The van der Waals surface area contributed by atoms with Crippen molar-refractivity contribution in [1.29, 1.82) is 0 Å². The second-order valence-electron chi connectivity index (χ2n) is 5.22. The molecule has 0 aliphatic heterocycles. The second kappa shape index (κ2) is 9.23. The Bertz CT molecular complexity index is 264. The average molecular weight is 305 g/mol. The van der Waals surface area contributed by atoms with E-state index in [9.17, 15) is 8.42 Å². The Hall–Kier alpha value is 0.264. The molecule has 1 N–H and O–H groups in total. The zero-order chi connectivity index (χ0) is 14.9. The van der Waals surface area contributed by atoms with E-state index in [2.05, 4.69) is 19.6 Å². The Morgan fingerprint density at radius 3 is 1.12 bits per heavy atom. The third-order valence-corrected chi connectivity index (χ3v) is 5.45. The molecule has 0 saturated carbocycles. The van der Waals surface area contributed by atoms with Crippen molar-refractivity contribution in [2.24, 2.45) is 0 Å². The van der Waals surface area contributed by atoms with E-state index >= 15 is 0 Å². The van der Waals surface area contributed by atoms with E-state index in [0.29, 0.717) is 0 Å². The van der Waals surface area contributed by atoms with Gasteiger partial charge in [-0.15, -0.1) is 0 Å². The van der Waals surface area contributed by atoms with Crippen LogP contribution in [0.15, 0.2) is 0 Å². The highest BCUT2D eigenvalue weighted by molar-refractivity contribution is 7.87. The molecule has 0 radical (unpaired) electrons. The van der Waals surface area contributed by atoms with E-state index in [1.807, 2.05) is 19.6 Å². The lowest BCUT2D eigenvalue weighted by Crippen LogP contribution is -2.28. The Labute approximate surface area is 109 Å². The van der Waals surface area contributed by atoms with Gasteiger partial charge in [-0.05, 0) is 39.3 Å². The number of hydrogen-bond donors (Lipinski definition) is 1. The summed E-state index contributed by atoms with van der Waals surface area (Å²) in [5.74, 6) is 0. The zero-order valence-corrected chi connectivity index (χ0v) is 15.3. The van der Waals surface area contributed by atoms with Gasteiger partial charge in [-0.3, -0.25) is 0 Å². The van der Waals surface area contributed by atoms with Gasteiger partial charge in [-0.2, -0.15) is 0 Å². The van der Waals surface area contributed by atoms with Gasteiger partial charge in [0.15, 0.2) is 8.32 Å². The third-order valence-electron chi connectivity index (χ3n) is 1.01. The summed E-state index contributed by atoms with van der Waals surface area (Å²) in [4.78, 5) is 0. The van der Waals surface area contributed by atoms with Crippen molar-refractivity contribution < 1.29 is 21.8 Å². The maximum atomic E-state index is 10.5. The predicted molar refractivity (Wildman–Crippen MR) is 77.8 cm³/mol. The summed E-state index contributed by atoms with van der Waals surface area (Å²) in [6.45, 7) is 12.0. The molecule has 0 aromatic heterocycles. The van der Waals surface area contributed by atoms with Crippen molar-refractivity contribution in [2.75, 3.05) is 20.5 Å². The molecule has 0 aliphatic carbocycles. The van der Waals surface area contributed by atoms with Crippen LogP contribution in [0.1, 0.15) is 0 Å². The molecule has 17 heavy (non-hydrogen) atoms. The van der Waals surface area contributed by atoms with Gasteiger partial charge < -0.3 is 13.4 Å². The molecule has 0 aliphatic rings. The summed E-state index contributed by atoms with van der Waals surface area (Å²) >= 11 is 0. The molecule has 0 atom stereocenters. The molecule has 0 heterocycles. The van der Waals surface area contributed by atoms with Crippen LogP contribution in [-0.2, 0) is 18.4 Å². The molecular weight excluding hydrogens is 276 g/mol. The summed E-state index contributed by atoms with van der Waals surface area (Å²) in [5.41, 5.74) is 0. The van der Waals surface area contributed by atoms with E-state index in [4.69, 9.17) is 13.4 Å². The van der Waals surface area contributed by atoms with Crippen LogP contribution in [0.5, 0.6) is 0 Å². The van der Waals surface area contributed by atoms with Crippen molar-refractivity contribution in [3.05, 3.63) is 0 Å². The highest BCUT2D eigenvalue weighted by Crippen LogP contribution is 2.05. The van der Waals surface area contributed by atoms with Crippen molar-refractivity contribution in [3.63, 3.8) is 0 Å². The molecule has 5 nitrogen and oxygen atoms in total. The fourth-order valence-electron chi connectivity index (χ4n) is 0.454. The third kappa shape index (κ3) is 38.6. The van der Waals surface area contributed by atoms with Gasteiger partial charge >= 0.3 is 0 Å². The minimum atomic E-state index is -3.22. The fraction of sp³-hybridized carbons (Fsp3) is 1.00.